The van der Waals surface area contributed by atoms with E-state index in [2.05, 4.69) is 6.92 Å². The number of rotatable bonds is 8. The third-order valence-corrected chi connectivity index (χ3v) is 7.40. The van der Waals surface area contributed by atoms with Crippen molar-refractivity contribution < 1.29 is 22.3 Å². The molecular weight excluding hydrogens is 392 g/mol. The zero-order chi connectivity index (χ0) is 21.7. The largest absolute Gasteiger partial charge is 0.491 e. The van der Waals surface area contributed by atoms with Crippen molar-refractivity contribution in [2.75, 3.05) is 6.61 Å². The first-order chi connectivity index (χ1) is 14.4. The van der Waals surface area contributed by atoms with Crippen molar-refractivity contribution in [3.8, 4) is 5.75 Å². The predicted octanol–water partition coefficient (Wildman–Crippen LogP) is 8.27. The van der Waals surface area contributed by atoms with Crippen molar-refractivity contribution >= 4 is 0 Å². The van der Waals surface area contributed by atoms with Gasteiger partial charge >= 0.3 is 0 Å². The molecule has 2 fully saturated rings. The second kappa shape index (κ2) is 10.4. The Balaban J connectivity index is 1.61. The molecule has 2 aliphatic rings. The lowest BCUT2D eigenvalue weighted by atomic mass is 9.66. The van der Waals surface area contributed by atoms with E-state index in [4.69, 9.17) is 4.74 Å². The van der Waals surface area contributed by atoms with Crippen LogP contribution in [0, 0.1) is 29.4 Å². The fourth-order valence-electron chi connectivity index (χ4n) is 5.69. The first-order valence-corrected chi connectivity index (χ1v) is 11.9. The van der Waals surface area contributed by atoms with Crippen LogP contribution in [-0.4, -0.2) is 12.5 Å². The van der Waals surface area contributed by atoms with Crippen LogP contribution in [0.25, 0.3) is 0 Å². The summed E-state index contributed by atoms with van der Waals surface area (Å²) in [6.07, 6.45) is 10.1. The highest BCUT2D eigenvalue weighted by Crippen LogP contribution is 2.52. The minimum atomic E-state index is -3.01. The van der Waals surface area contributed by atoms with Crippen molar-refractivity contribution in [2.45, 2.75) is 96.3 Å². The third-order valence-electron chi connectivity index (χ3n) is 7.40. The predicted molar refractivity (Wildman–Crippen MR) is 112 cm³/mol. The Kier molecular flexibility index (Phi) is 8.09. The molecule has 0 amide bonds. The van der Waals surface area contributed by atoms with E-state index in [9.17, 15) is 8.78 Å². The molecule has 0 N–H and O–H groups in total. The Morgan fingerprint density at radius 1 is 0.900 bits per heavy atom. The molecule has 1 aromatic rings. The molecule has 1 nitrogen and oxygen atoms in total. The van der Waals surface area contributed by atoms with Crippen molar-refractivity contribution in [3.63, 3.8) is 0 Å². The summed E-state index contributed by atoms with van der Waals surface area (Å²) in [6, 6.07) is 2.56. The van der Waals surface area contributed by atoms with Gasteiger partial charge in [-0.2, -0.15) is 4.39 Å². The van der Waals surface area contributed by atoms with Gasteiger partial charge in [0, 0.05) is 12.0 Å². The molecule has 3 rings (SSSR count). The van der Waals surface area contributed by atoms with Gasteiger partial charge in [-0.05, 0) is 56.4 Å². The van der Waals surface area contributed by atoms with Crippen LogP contribution in [0.15, 0.2) is 12.1 Å². The molecule has 170 valence electrons. The van der Waals surface area contributed by atoms with E-state index in [0.29, 0.717) is 12.3 Å². The van der Waals surface area contributed by atoms with Crippen LogP contribution >= 0.6 is 0 Å². The van der Waals surface area contributed by atoms with E-state index in [-0.39, 0.29) is 36.7 Å². The first kappa shape index (κ1) is 23.4. The maximum absolute atomic E-state index is 15.1. The fourth-order valence-corrected chi connectivity index (χ4v) is 5.69. The molecule has 2 aliphatic carbocycles. The zero-order valence-electron chi connectivity index (χ0n) is 18.4. The van der Waals surface area contributed by atoms with E-state index < -0.39 is 23.5 Å². The summed E-state index contributed by atoms with van der Waals surface area (Å²) in [6.45, 7) is 4.07. The highest BCUT2D eigenvalue weighted by atomic mass is 19.3. The number of hydrogen-bond donors (Lipinski definition) is 0. The molecule has 0 aliphatic heterocycles. The van der Waals surface area contributed by atoms with Gasteiger partial charge in [-0.15, -0.1) is 0 Å². The normalized spacial score (nSPS) is 29.0. The van der Waals surface area contributed by atoms with Gasteiger partial charge < -0.3 is 4.74 Å². The summed E-state index contributed by atoms with van der Waals surface area (Å²) < 4.78 is 64.0. The van der Waals surface area contributed by atoms with E-state index >= 15 is 8.78 Å². The molecule has 0 bridgehead atoms. The van der Waals surface area contributed by atoms with Crippen LogP contribution in [0.2, 0.25) is 0 Å². The number of alkyl halides is 2. The summed E-state index contributed by atoms with van der Waals surface area (Å²) in [7, 11) is 0. The number of ether oxygens (including phenoxy) is 1. The Labute approximate surface area is 178 Å². The Hall–Kier alpha value is -1.26. The Morgan fingerprint density at radius 3 is 2.23 bits per heavy atom. The van der Waals surface area contributed by atoms with Crippen LogP contribution in [0.4, 0.5) is 17.6 Å². The van der Waals surface area contributed by atoms with Crippen LogP contribution in [0.1, 0.15) is 96.0 Å². The smallest absolute Gasteiger partial charge is 0.255 e. The number of benzene rings is 1. The SMILES string of the molecule is CCCCCC1CCC(C2CCC(c3ccc(OCC)c(F)c3F)C(F)(F)C2)CC1. The van der Waals surface area contributed by atoms with Gasteiger partial charge in [0.2, 0.25) is 5.82 Å². The molecule has 2 saturated carbocycles. The lowest BCUT2D eigenvalue weighted by Crippen LogP contribution is -2.38. The highest BCUT2D eigenvalue weighted by Gasteiger charge is 2.48. The number of halogens is 4. The average molecular weight is 429 g/mol. The van der Waals surface area contributed by atoms with Crippen LogP contribution < -0.4 is 4.74 Å². The maximum atomic E-state index is 15.1. The molecule has 2 atom stereocenters. The van der Waals surface area contributed by atoms with Crippen molar-refractivity contribution in [1.29, 1.82) is 0 Å². The number of unbranched alkanes of at least 4 members (excludes halogenated alkanes) is 2. The Morgan fingerprint density at radius 2 is 1.60 bits per heavy atom. The minimum absolute atomic E-state index is 0.0107. The van der Waals surface area contributed by atoms with E-state index in [1.54, 1.807) is 6.92 Å². The quantitative estimate of drug-likeness (QED) is 0.299. The summed E-state index contributed by atoms with van der Waals surface area (Å²) in [4.78, 5) is 0. The lowest BCUT2D eigenvalue weighted by molar-refractivity contribution is -0.0854. The molecule has 30 heavy (non-hydrogen) atoms. The lowest BCUT2D eigenvalue weighted by Gasteiger charge is -2.41. The van der Waals surface area contributed by atoms with Gasteiger partial charge in [-0.25, -0.2) is 13.2 Å². The first-order valence-electron chi connectivity index (χ1n) is 11.9. The van der Waals surface area contributed by atoms with Gasteiger partial charge in [0.05, 0.1) is 12.5 Å². The van der Waals surface area contributed by atoms with Gasteiger partial charge in [0.15, 0.2) is 11.6 Å². The Bertz CT molecular complexity index is 682. The maximum Gasteiger partial charge on any atom is 0.255 e. The summed E-state index contributed by atoms with van der Waals surface area (Å²) in [5.41, 5.74) is -0.209. The van der Waals surface area contributed by atoms with Gasteiger partial charge in [0.25, 0.3) is 5.92 Å². The van der Waals surface area contributed by atoms with E-state index in [1.165, 1.54) is 37.8 Å². The molecule has 1 aromatic carbocycles. The second-order valence-electron chi connectivity index (χ2n) is 9.35. The van der Waals surface area contributed by atoms with Crippen LogP contribution in [0.3, 0.4) is 0 Å². The monoisotopic (exact) mass is 428 g/mol. The molecule has 0 heterocycles. The third kappa shape index (κ3) is 5.31. The zero-order valence-corrected chi connectivity index (χ0v) is 18.4. The van der Waals surface area contributed by atoms with Gasteiger partial charge in [-0.1, -0.05) is 51.5 Å². The average Bonchev–Trinajstić information content (AvgIpc) is 2.72. The van der Waals surface area contributed by atoms with Crippen LogP contribution in [0.5, 0.6) is 5.75 Å². The van der Waals surface area contributed by atoms with Crippen molar-refractivity contribution in [3.05, 3.63) is 29.3 Å². The van der Waals surface area contributed by atoms with Crippen LogP contribution in [-0.2, 0) is 0 Å². The second-order valence-corrected chi connectivity index (χ2v) is 9.35. The minimum Gasteiger partial charge on any atom is -0.491 e. The molecule has 0 aromatic heterocycles. The molecule has 5 heteroatoms. The van der Waals surface area contributed by atoms with E-state index in [1.807, 2.05) is 0 Å². The van der Waals surface area contributed by atoms with Crippen molar-refractivity contribution in [1.82, 2.24) is 0 Å². The molecule has 0 radical (unpaired) electrons. The highest BCUT2D eigenvalue weighted by molar-refractivity contribution is 5.34. The summed E-state index contributed by atoms with van der Waals surface area (Å²) in [5.74, 6) is -5.74. The molecular formula is C25H36F4O. The summed E-state index contributed by atoms with van der Waals surface area (Å²) in [5, 5.41) is 0. The summed E-state index contributed by atoms with van der Waals surface area (Å²) >= 11 is 0. The standard InChI is InChI=1S/C25H36F4O/c1-3-5-6-7-17-8-10-18(11-9-17)19-12-14-21(25(28,29)16-19)20-13-15-22(30-4-2)24(27)23(20)26/h13,15,17-19,21H,3-12,14,16H2,1-2H3. The van der Waals surface area contributed by atoms with Crippen molar-refractivity contribution in [2.24, 2.45) is 17.8 Å². The molecule has 0 spiro atoms. The van der Waals surface area contributed by atoms with Gasteiger partial charge in [-0.3, -0.25) is 0 Å². The molecule has 2 unspecified atom stereocenters. The van der Waals surface area contributed by atoms with E-state index in [0.717, 1.165) is 31.6 Å². The topological polar surface area (TPSA) is 9.23 Å². The fraction of sp³-hybridized carbons (Fsp3) is 0.760. The van der Waals surface area contributed by atoms with Gasteiger partial charge in [0.1, 0.15) is 0 Å². The molecule has 0 saturated heterocycles. The number of hydrogen-bond acceptors (Lipinski definition) is 1.